The van der Waals surface area contributed by atoms with E-state index in [1.165, 1.54) is 0 Å². The Labute approximate surface area is 117 Å². The first-order chi connectivity index (χ1) is 9.90. The standard InChI is InChI=1S/C16H16O4/c1-2-4-14(5-3-1)20-15-8-6-13(7-9-15)18-11-16-10-17-12-19-16/h1-9,16H,10-12H2. The molecule has 0 amide bonds. The van der Waals surface area contributed by atoms with E-state index < -0.39 is 0 Å². The molecule has 1 aliphatic rings. The summed E-state index contributed by atoms with van der Waals surface area (Å²) in [5.74, 6) is 2.39. The third-order valence-corrected chi connectivity index (χ3v) is 2.93. The van der Waals surface area contributed by atoms with E-state index in [0.29, 0.717) is 20.0 Å². The second-order valence-corrected chi connectivity index (χ2v) is 4.47. The molecule has 1 atom stereocenters. The van der Waals surface area contributed by atoms with Gasteiger partial charge in [0.2, 0.25) is 0 Å². The van der Waals surface area contributed by atoms with Crippen molar-refractivity contribution < 1.29 is 18.9 Å². The maximum atomic E-state index is 5.71. The normalized spacial score (nSPS) is 17.9. The van der Waals surface area contributed by atoms with Crippen LogP contribution in [0.4, 0.5) is 0 Å². The van der Waals surface area contributed by atoms with E-state index >= 15 is 0 Å². The van der Waals surface area contributed by atoms with Crippen LogP contribution in [0.1, 0.15) is 0 Å². The first kappa shape index (κ1) is 13.0. The van der Waals surface area contributed by atoms with Crippen LogP contribution in [-0.2, 0) is 9.47 Å². The van der Waals surface area contributed by atoms with Gasteiger partial charge in [0.15, 0.2) is 0 Å². The first-order valence-electron chi connectivity index (χ1n) is 6.55. The van der Waals surface area contributed by atoms with Gasteiger partial charge in [0, 0.05) is 0 Å². The number of hydrogen-bond acceptors (Lipinski definition) is 4. The molecular formula is C16H16O4. The van der Waals surface area contributed by atoms with Crippen molar-refractivity contribution in [1.82, 2.24) is 0 Å². The molecule has 1 heterocycles. The summed E-state index contributed by atoms with van der Waals surface area (Å²) in [6.07, 6.45) is 0.0234. The van der Waals surface area contributed by atoms with Gasteiger partial charge in [-0.25, -0.2) is 0 Å². The van der Waals surface area contributed by atoms with E-state index in [-0.39, 0.29) is 6.10 Å². The molecule has 2 aromatic carbocycles. The molecule has 0 N–H and O–H groups in total. The lowest BCUT2D eigenvalue weighted by Crippen LogP contribution is -2.19. The fourth-order valence-corrected chi connectivity index (χ4v) is 1.89. The Kier molecular flexibility index (Phi) is 4.16. The molecule has 0 bridgehead atoms. The summed E-state index contributed by atoms with van der Waals surface area (Å²) in [5.41, 5.74) is 0. The molecule has 104 valence electrons. The molecule has 0 aliphatic carbocycles. The van der Waals surface area contributed by atoms with Crippen LogP contribution in [0.2, 0.25) is 0 Å². The van der Waals surface area contributed by atoms with Crippen molar-refractivity contribution in [2.24, 2.45) is 0 Å². The molecule has 0 saturated carbocycles. The van der Waals surface area contributed by atoms with Crippen molar-refractivity contribution in [3.05, 3.63) is 54.6 Å². The van der Waals surface area contributed by atoms with Gasteiger partial charge in [-0.15, -0.1) is 0 Å². The van der Waals surface area contributed by atoms with Gasteiger partial charge in [0.1, 0.15) is 36.8 Å². The highest BCUT2D eigenvalue weighted by Gasteiger charge is 2.16. The fraction of sp³-hybridized carbons (Fsp3) is 0.250. The van der Waals surface area contributed by atoms with Crippen molar-refractivity contribution in [3.8, 4) is 17.2 Å². The van der Waals surface area contributed by atoms with E-state index in [0.717, 1.165) is 17.2 Å². The second kappa shape index (κ2) is 6.41. The minimum atomic E-state index is 0.0234. The molecule has 0 spiro atoms. The summed E-state index contributed by atoms with van der Waals surface area (Å²) in [4.78, 5) is 0. The van der Waals surface area contributed by atoms with Crippen LogP contribution >= 0.6 is 0 Å². The first-order valence-corrected chi connectivity index (χ1v) is 6.55. The number of ether oxygens (including phenoxy) is 4. The highest BCUT2D eigenvalue weighted by atomic mass is 16.7. The quantitative estimate of drug-likeness (QED) is 0.837. The van der Waals surface area contributed by atoms with E-state index in [4.69, 9.17) is 18.9 Å². The molecule has 2 aromatic rings. The molecule has 0 aromatic heterocycles. The van der Waals surface area contributed by atoms with Gasteiger partial charge in [-0.1, -0.05) is 18.2 Å². The van der Waals surface area contributed by atoms with Crippen LogP contribution in [0.5, 0.6) is 17.2 Å². The summed E-state index contributed by atoms with van der Waals surface area (Å²) in [6, 6.07) is 17.2. The van der Waals surface area contributed by atoms with E-state index in [1.54, 1.807) is 0 Å². The summed E-state index contributed by atoms with van der Waals surface area (Å²) in [6.45, 7) is 1.45. The predicted molar refractivity (Wildman–Crippen MR) is 74.1 cm³/mol. The zero-order valence-electron chi connectivity index (χ0n) is 11.0. The van der Waals surface area contributed by atoms with Crippen molar-refractivity contribution >= 4 is 0 Å². The van der Waals surface area contributed by atoms with Crippen molar-refractivity contribution in [2.45, 2.75) is 6.10 Å². The number of benzene rings is 2. The van der Waals surface area contributed by atoms with Crippen LogP contribution < -0.4 is 9.47 Å². The Balaban J connectivity index is 1.54. The summed E-state index contributed by atoms with van der Waals surface area (Å²) >= 11 is 0. The molecule has 4 nitrogen and oxygen atoms in total. The van der Waals surface area contributed by atoms with E-state index in [9.17, 15) is 0 Å². The Bertz CT molecular complexity index is 518. The smallest absolute Gasteiger partial charge is 0.147 e. The summed E-state index contributed by atoms with van der Waals surface area (Å²) in [7, 11) is 0. The average molecular weight is 272 g/mol. The minimum absolute atomic E-state index is 0.0234. The van der Waals surface area contributed by atoms with Crippen LogP contribution in [-0.4, -0.2) is 26.1 Å². The monoisotopic (exact) mass is 272 g/mol. The Morgan fingerprint density at radius 3 is 2.30 bits per heavy atom. The number of rotatable bonds is 5. The van der Waals surface area contributed by atoms with Gasteiger partial charge < -0.3 is 18.9 Å². The van der Waals surface area contributed by atoms with E-state index in [2.05, 4.69) is 0 Å². The third kappa shape index (κ3) is 3.50. The molecule has 1 aliphatic heterocycles. The maximum absolute atomic E-state index is 5.71. The van der Waals surface area contributed by atoms with Gasteiger partial charge in [-0.05, 0) is 36.4 Å². The van der Waals surface area contributed by atoms with E-state index in [1.807, 2.05) is 54.6 Å². The molecule has 0 radical (unpaired) electrons. The second-order valence-electron chi connectivity index (χ2n) is 4.47. The van der Waals surface area contributed by atoms with Crippen LogP contribution in [0.3, 0.4) is 0 Å². The third-order valence-electron chi connectivity index (χ3n) is 2.93. The van der Waals surface area contributed by atoms with Crippen LogP contribution in [0, 0.1) is 0 Å². The Hall–Kier alpha value is -2.04. The molecule has 1 fully saturated rings. The minimum Gasteiger partial charge on any atom is -0.491 e. The van der Waals surface area contributed by atoms with Gasteiger partial charge in [0.25, 0.3) is 0 Å². The number of hydrogen-bond donors (Lipinski definition) is 0. The maximum Gasteiger partial charge on any atom is 0.147 e. The topological polar surface area (TPSA) is 36.9 Å². The zero-order valence-corrected chi connectivity index (χ0v) is 11.0. The molecule has 3 rings (SSSR count). The van der Waals surface area contributed by atoms with Crippen molar-refractivity contribution in [3.63, 3.8) is 0 Å². The largest absolute Gasteiger partial charge is 0.491 e. The number of para-hydroxylation sites is 1. The van der Waals surface area contributed by atoms with Gasteiger partial charge in [-0.2, -0.15) is 0 Å². The Morgan fingerprint density at radius 1 is 0.900 bits per heavy atom. The zero-order chi connectivity index (χ0) is 13.6. The SMILES string of the molecule is c1ccc(Oc2ccc(OCC3COCO3)cc2)cc1. The molecular weight excluding hydrogens is 256 g/mol. The summed E-state index contributed by atoms with van der Waals surface area (Å²) < 4.78 is 21.8. The molecule has 20 heavy (non-hydrogen) atoms. The molecule has 4 heteroatoms. The van der Waals surface area contributed by atoms with Gasteiger partial charge in [-0.3, -0.25) is 0 Å². The average Bonchev–Trinajstić information content (AvgIpc) is 3.01. The molecule has 1 saturated heterocycles. The van der Waals surface area contributed by atoms with Crippen LogP contribution in [0.15, 0.2) is 54.6 Å². The van der Waals surface area contributed by atoms with Gasteiger partial charge >= 0.3 is 0 Å². The predicted octanol–water partition coefficient (Wildman–Crippen LogP) is 3.23. The van der Waals surface area contributed by atoms with Gasteiger partial charge in [0.05, 0.1) is 6.61 Å². The summed E-state index contributed by atoms with van der Waals surface area (Å²) in [5, 5.41) is 0. The highest BCUT2D eigenvalue weighted by Crippen LogP contribution is 2.23. The lowest BCUT2D eigenvalue weighted by molar-refractivity contribution is 0.0320. The Morgan fingerprint density at radius 2 is 1.60 bits per heavy atom. The fourth-order valence-electron chi connectivity index (χ4n) is 1.89. The lowest BCUT2D eigenvalue weighted by Gasteiger charge is -2.11. The van der Waals surface area contributed by atoms with Crippen LogP contribution in [0.25, 0.3) is 0 Å². The van der Waals surface area contributed by atoms with Crippen molar-refractivity contribution in [2.75, 3.05) is 20.0 Å². The van der Waals surface area contributed by atoms with Crippen molar-refractivity contribution in [1.29, 1.82) is 0 Å². The highest BCUT2D eigenvalue weighted by molar-refractivity contribution is 5.35. The molecule has 1 unspecified atom stereocenters. The lowest BCUT2D eigenvalue weighted by atomic mass is 10.3.